The van der Waals surface area contributed by atoms with E-state index in [4.69, 9.17) is 9.47 Å². The standard InChI is InChI=1S/C26H35N3O6S/c1-7-21(25(31)27-26(3,4)5)28(15-19-10-8-18(2)9-11-19)24(30)16-29(36(6,32)33)20-12-13-22-23(14-20)35-17-34-22/h8-14,21H,7,15-17H2,1-6H3,(H,27,31)/t21-/m1/s1. The molecule has 0 saturated carbocycles. The van der Waals surface area contributed by atoms with Crippen molar-refractivity contribution >= 4 is 27.5 Å². The Morgan fingerprint density at radius 1 is 1.06 bits per heavy atom. The van der Waals surface area contributed by atoms with Crippen molar-refractivity contribution in [3.63, 3.8) is 0 Å². The van der Waals surface area contributed by atoms with Crippen LogP contribution in [0.25, 0.3) is 0 Å². The molecule has 1 heterocycles. The highest BCUT2D eigenvalue weighted by atomic mass is 32.2. The predicted molar refractivity (Wildman–Crippen MR) is 138 cm³/mol. The first-order valence-corrected chi connectivity index (χ1v) is 13.7. The largest absolute Gasteiger partial charge is 0.454 e. The maximum Gasteiger partial charge on any atom is 0.244 e. The van der Waals surface area contributed by atoms with E-state index < -0.39 is 34.1 Å². The van der Waals surface area contributed by atoms with Gasteiger partial charge in [-0.3, -0.25) is 13.9 Å². The van der Waals surface area contributed by atoms with Crippen molar-refractivity contribution in [2.75, 3.05) is 23.9 Å². The molecule has 3 rings (SSSR count). The Hall–Kier alpha value is -3.27. The van der Waals surface area contributed by atoms with E-state index in [1.165, 1.54) is 11.0 Å². The van der Waals surface area contributed by atoms with Crippen molar-refractivity contribution < 1.29 is 27.5 Å². The lowest BCUT2D eigenvalue weighted by molar-refractivity contribution is -0.141. The summed E-state index contributed by atoms with van der Waals surface area (Å²) in [6.07, 6.45) is 1.40. The number of carbonyl (C=O) groups excluding carboxylic acids is 2. The number of fused-ring (bicyclic) bond motifs is 1. The molecule has 0 radical (unpaired) electrons. The molecule has 0 spiro atoms. The van der Waals surface area contributed by atoms with Crippen LogP contribution in [-0.2, 0) is 26.2 Å². The van der Waals surface area contributed by atoms with E-state index in [1.54, 1.807) is 12.1 Å². The normalized spacial score (nSPS) is 13.7. The number of benzene rings is 2. The van der Waals surface area contributed by atoms with Crippen LogP contribution < -0.4 is 19.1 Å². The van der Waals surface area contributed by atoms with Crippen LogP contribution in [0.3, 0.4) is 0 Å². The van der Waals surface area contributed by atoms with E-state index in [2.05, 4.69) is 5.32 Å². The molecule has 0 fully saturated rings. The van der Waals surface area contributed by atoms with Crippen LogP contribution in [-0.4, -0.2) is 56.3 Å². The van der Waals surface area contributed by atoms with Gasteiger partial charge in [0.1, 0.15) is 12.6 Å². The van der Waals surface area contributed by atoms with Gasteiger partial charge in [0.05, 0.1) is 11.9 Å². The molecule has 0 aromatic heterocycles. The Labute approximate surface area is 213 Å². The van der Waals surface area contributed by atoms with Crippen molar-refractivity contribution in [1.82, 2.24) is 10.2 Å². The lowest BCUT2D eigenvalue weighted by Gasteiger charge is -2.34. The maximum absolute atomic E-state index is 13.7. The number of aryl methyl sites for hydroxylation is 1. The van der Waals surface area contributed by atoms with Gasteiger partial charge >= 0.3 is 0 Å². The summed E-state index contributed by atoms with van der Waals surface area (Å²) in [4.78, 5) is 28.4. The lowest BCUT2D eigenvalue weighted by Crippen LogP contribution is -2.55. The maximum atomic E-state index is 13.7. The van der Waals surface area contributed by atoms with E-state index in [-0.39, 0.29) is 24.9 Å². The number of anilines is 1. The van der Waals surface area contributed by atoms with Crippen LogP contribution in [0.1, 0.15) is 45.2 Å². The quantitative estimate of drug-likeness (QED) is 0.548. The van der Waals surface area contributed by atoms with Crippen molar-refractivity contribution in [1.29, 1.82) is 0 Å². The number of amides is 2. The smallest absolute Gasteiger partial charge is 0.244 e. The highest BCUT2D eigenvalue weighted by Gasteiger charge is 2.33. The van der Waals surface area contributed by atoms with Gasteiger partial charge in [0.15, 0.2) is 11.5 Å². The van der Waals surface area contributed by atoms with Gasteiger partial charge in [-0.2, -0.15) is 0 Å². The first kappa shape index (κ1) is 27.3. The Morgan fingerprint density at radius 3 is 2.28 bits per heavy atom. The van der Waals surface area contributed by atoms with Crippen molar-refractivity contribution in [3.8, 4) is 11.5 Å². The van der Waals surface area contributed by atoms with Crippen LogP contribution in [0.2, 0.25) is 0 Å². The van der Waals surface area contributed by atoms with Gasteiger partial charge in [-0.05, 0) is 51.8 Å². The van der Waals surface area contributed by atoms with E-state index >= 15 is 0 Å². The number of ether oxygens (including phenoxy) is 2. The van der Waals surface area contributed by atoms with Gasteiger partial charge in [-0.1, -0.05) is 36.8 Å². The van der Waals surface area contributed by atoms with Crippen LogP contribution in [0.5, 0.6) is 11.5 Å². The second-order valence-corrected chi connectivity index (χ2v) is 11.9. The second-order valence-electron chi connectivity index (χ2n) is 9.98. The van der Waals surface area contributed by atoms with Crippen LogP contribution >= 0.6 is 0 Å². The summed E-state index contributed by atoms with van der Waals surface area (Å²) < 4.78 is 37.2. The third kappa shape index (κ3) is 6.90. The van der Waals surface area contributed by atoms with Gasteiger partial charge in [0, 0.05) is 18.2 Å². The van der Waals surface area contributed by atoms with Crippen molar-refractivity contribution in [2.24, 2.45) is 0 Å². The Bertz CT molecular complexity index is 1210. The molecular weight excluding hydrogens is 482 g/mol. The minimum Gasteiger partial charge on any atom is -0.454 e. The zero-order valence-electron chi connectivity index (χ0n) is 21.7. The van der Waals surface area contributed by atoms with E-state index in [9.17, 15) is 18.0 Å². The average Bonchev–Trinajstić information content (AvgIpc) is 3.24. The fourth-order valence-corrected chi connectivity index (χ4v) is 4.76. The molecule has 0 saturated heterocycles. The van der Waals surface area contributed by atoms with Gasteiger partial charge in [-0.25, -0.2) is 8.42 Å². The van der Waals surface area contributed by atoms with E-state index in [1.807, 2.05) is 58.9 Å². The molecule has 0 aliphatic carbocycles. The highest BCUT2D eigenvalue weighted by molar-refractivity contribution is 7.92. The molecule has 1 atom stereocenters. The van der Waals surface area contributed by atoms with Gasteiger partial charge in [0.2, 0.25) is 28.6 Å². The highest BCUT2D eigenvalue weighted by Crippen LogP contribution is 2.36. The second kappa shape index (κ2) is 10.8. The summed E-state index contributed by atoms with van der Waals surface area (Å²) in [5, 5.41) is 2.95. The summed E-state index contributed by atoms with van der Waals surface area (Å²) in [6, 6.07) is 11.6. The number of nitrogens with one attached hydrogen (secondary N) is 1. The third-order valence-electron chi connectivity index (χ3n) is 5.68. The fraction of sp³-hybridized carbons (Fsp3) is 0.462. The van der Waals surface area contributed by atoms with Crippen LogP contribution in [0, 0.1) is 6.92 Å². The topological polar surface area (TPSA) is 105 Å². The lowest BCUT2D eigenvalue weighted by atomic mass is 10.1. The molecular formula is C26H35N3O6S. The first-order valence-electron chi connectivity index (χ1n) is 11.8. The van der Waals surface area contributed by atoms with Gasteiger partial charge < -0.3 is 19.7 Å². The molecule has 36 heavy (non-hydrogen) atoms. The number of nitrogens with zero attached hydrogens (tertiary/aromatic N) is 2. The SMILES string of the molecule is CC[C@H](C(=O)NC(C)(C)C)N(Cc1ccc(C)cc1)C(=O)CN(c1ccc2c(c1)OCO2)S(C)(=O)=O. The molecule has 2 aromatic rings. The first-order chi connectivity index (χ1) is 16.8. The number of hydrogen-bond acceptors (Lipinski definition) is 6. The number of rotatable bonds is 9. The van der Waals surface area contributed by atoms with E-state index in [0.717, 1.165) is 21.7 Å². The molecule has 196 valence electrons. The monoisotopic (exact) mass is 517 g/mol. The molecule has 1 aliphatic rings. The minimum atomic E-state index is -3.84. The van der Waals surface area contributed by atoms with Gasteiger partial charge in [-0.15, -0.1) is 0 Å². The molecule has 2 aromatic carbocycles. The number of hydrogen-bond donors (Lipinski definition) is 1. The summed E-state index contributed by atoms with van der Waals surface area (Å²) in [6.45, 7) is 9.14. The summed E-state index contributed by atoms with van der Waals surface area (Å²) in [7, 11) is -3.84. The Balaban J connectivity index is 1.95. The predicted octanol–water partition coefficient (Wildman–Crippen LogP) is 3.21. The summed E-state index contributed by atoms with van der Waals surface area (Å²) >= 11 is 0. The van der Waals surface area contributed by atoms with Crippen LogP contribution in [0.4, 0.5) is 5.69 Å². The summed E-state index contributed by atoms with van der Waals surface area (Å²) in [5.74, 6) is 0.125. The molecule has 0 bridgehead atoms. The zero-order chi connectivity index (χ0) is 26.7. The summed E-state index contributed by atoms with van der Waals surface area (Å²) in [5.41, 5.74) is 1.69. The van der Waals surface area contributed by atoms with Gasteiger partial charge in [0.25, 0.3) is 0 Å². The molecule has 2 amide bonds. The van der Waals surface area contributed by atoms with Crippen LogP contribution in [0.15, 0.2) is 42.5 Å². The number of sulfonamides is 1. The third-order valence-corrected chi connectivity index (χ3v) is 6.82. The average molecular weight is 518 g/mol. The minimum absolute atomic E-state index is 0.0436. The van der Waals surface area contributed by atoms with Crippen molar-refractivity contribution in [2.45, 2.75) is 59.2 Å². The number of carbonyl (C=O) groups is 2. The molecule has 1 N–H and O–H groups in total. The van der Waals surface area contributed by atoms with Crippen molar-refractivity contribution in [3.05, 3.63) is 53.6 Å². The molecule has 10 heteroatoms. The zero-order valence-corrected chi connectivity index (χ0v) is 22.5. The Kier molecular flexibility index (Phi) is 8.18. The molecule has 1 aliphatic heterocycles. The fourth-order valence-electron chi connectivity index (χ4n) is 3.92. The Morgan fingerprint density at radius 2 is 1.69 bits per heavy atom. The molecule has 0 unspecified atom stereocenters. The molecule has 9 nitrogen and oxygen atoms in total. The van der Waals surface area contributed by atoms with E-state index in [0.29, 0.717) is 17.9 Å².